The van der Waals surface area contributed by atoms with Crippen molar-refractivity contribution in [3.8, 4) is 5.75 Å². The molecule has 1 amide bonds. The number of hydrogen-bond acceptors (Lipinski definition) is 6. The molecule has 2 heterocycles. The highest BCUT2D eigenvalue weighted by atomic mass is 16.6. The molecule has 122 valence electrons. The first kappa shape index (κ1) is 14.9. The molecule has 1 atom stereocenters. The van der Waals surface area contributed by atoms with E-state index < -0.39 is 28.2 Å². The van der Waals surface area contributed by atoms with Crippen LogP contribution in [0.2, 0.25) is 0 Å². The van der Waals surface area contributed by atoms with E-state index in [9.17, 15) is 24.8 Å². The molecule has 0 radical (unpaired) electrons. The number of hydrogen-bond donors (Lipinski definition) is 2. The lowest BCUT2D eigenvalue weighted by molar-refractivity contribution is -0.385. The summed E-state index contributed by atoms with van der Waals surface area (Å²) in [5.74, 6) is -1.16. The Morgan fingerprint density at radius 3 is 2.65 bits per heavy atom. The Kier molecular flexibility index (Phi) is 3.43. The van der Waals surface area contributed by atoms with Crippen molar-refractivity contribution >= 4 is 23.4 Å². The van der Waals surface area contributed by atoms with E-state index in [1.807, 2.05) is 4.90 Å². The Morgan fingerprint density at radius 1 is 1.30 bits per heavy atom. The van der Waals surface area contributed by atoms with Crippen LogP contribution in [0.3, 0.4) is 0 Å². The number of amides is 1. The molecule has 0 bridgehead atoms. The molecule has 1 aromatic rings. The molecule has 2 aliphatic heterocycles. The molecular weight excluding hydrogens is 310 g/mol. The van der Waals surface area contributed by atoms with Gasteiger partial charge in [0.25, 0.3) is 5.69 Å². The zero-order valence-corrected chi connectivity index (χ0v) is 11.8. The number of carbonyl (C=O) groups is 2. The van der Waals surface area contributed by atoms with E-state index in [1.54, 1.807) is 0 Å². The summed E-state index contributed by atoms with van der Waals surface area (Å²) in [6.07, 6.45) is -1.02. The van der Waals surface area contributed by atoms with Gasteiger partial charge in [0.1, 0.15) is 17.9 Å². The predicted octanol–water partition coefficient (Wildman–Crippen LogP) is 0.854. The molecule has 2 aliphatic rings. The van der Waals surface area contributed by atoms with Crippen molar-refractivity contribution in [2.45, 2.75) is 6.04 Å². The maximum absolute atomic E-state index is 11.3. The standard InChI is InChI=1S/C13H13N3O7/c17-12(18)8-3-10-11(4-9(8)16(21)22)23-6-7-5-14(13(19)20)1-2-15(7)10/h3-4,7H,1-2,5-6H2,(H,17,18)(H,19,20)/t7-/m1/s1. The van der Waals surface area contributed by atoms with E-state index in [-0.39, 0.29) is 31.5 Å². The van der Waals surface area contributed by atoms with Gasteiger partial charge in [-0.05, 0) is 6.07 Å². The van der Waals surface area contributed by atoms with Crippen LogP contribution in [0.15, 0.2) is 12.1 Å². The molecular formula is C13H13N3O7. The number of fused-ring (bicyclic) bond motifs is 3. The predicted molar refractivity (Wildman–Crippen MR) is 76.3 cm³/mol. The summed E-state index contributed by atoms with van der Waals surface area (Å²) in [6, 6.07) is 2.08. The zero-order valence-electron chi connectivity index (χ0n) is 11.8. The molecule has 0 spiro atoms. The van der Waals surface area contributed by atoms with Gasteiger partial charge < -0.3 is 24.7 Å². The van der Waals surface area contributed by atoms with Crippen LogP contribution in [0.5, 0.6) is 5.75 Å². The summed E-state index contributed by atoms with van der Waals surface area (Å²) in [5, 5.41) is 29.2. The number of anilines is 1. The topological polar surface area (TPSA) is 133 Å². The van der Waals surface area contributed by atoms with E-state index in [0.29, 0.717) is 12.2 Å². The Bertz CT molecular complexity index is 705. The minimum atomic E-state index is -1.40. The summed E-state index contributed by atoms with van der Waals surface area (Å²) in [6.45, 7) is 1.05. The number of nitro groups is 1. The Morgan fingerprint density at radius 2 is 2.04 bits per heavy atom. The molecule has 10 nitrogen and oxygen atoms in total. The normalized spacial score (nSPS) is 19.4. The smallest absolute Gasteiger partial charge is 0.407 e. The van der Waals surface area contributed by atoms with Crippen molar-refractivity contribution in [1.82, 2.24) is 4.90 Å². The van der Waals surface area contributed by atoms with Crippen LogP contribution in [-0.2, 0) is 0 Å². The lowest BCUT2D eigenvalue weighted by atomic mass is 10.0. The first-order chi connectivity index (χ1) is 10.9. The quantitative estimate of drug-likeness (QED) is 0.604. The monoisotopic (exact) mass is 323 g/mol. The van der Waals surface area contributed by atoms with Gasteiger partial charge in [0, 0.05) is 19.6 Å². The summed E-state index contributed by atoms with van der Waals surface area (Å²) < 4.78 is 5.49. The second-order valence-corrected chi connectivity index (χ2v) is 5.29. The van der Waals surface area contributed by atoms with Crippen molar-refractivity contribution in [2.75, 3.05) is 31.1 Å². The fourth-order valence-electron chi connectivity index (χ4n) is 2.89. The van der Waals surface area contributed by atoms with E-state index in [0.717, 1.165) is 6.07 Å². The molecule has 0 saturated carbocycles. The molecule has 0 unspecified atom stereocenters. The highest BCUT2D eigenvalue weighted by molar-refractivity contribution is 5.95. The number of nitro benzene ring substituents is 1. The van der Waals surface area contributed by atoms with Crippen molar-refractivity contribution in [3.63, 3.8) is 0 Å². The third kappa shape index (κ3) is 2.47. The summed E-state index contributed by atoms with van der Waals surface area (Å²) >= 11 is 0. The molecule has 10 heteroatoms. The number of aromatic carboxylic acids is 1. The lowest BCUT2D eigenvalue weighted by Crippen LogP contribution is -2.58. The van der Waals surface area contributed by atoms with Gasteiger partial charge >= 0.3 is 12.1 Å². The minimum absolute atomic E-state index is 0.181. The SMILES string of the molecule is O=C(O)c1cc2c(cc1[N+](=O)[O-])OC[C@H]1CN(C(=O)O)CCN21. The number of piperazine rings is 1. The van der Waals surface area contributed by atoms with Crippen LogP contribution in [0, 0.1) is 10.1 Å². The van der Waals surface area contributed by atoms with Gasteiger partial charge in [-0.2, -0.15) is 0 Å². The molecule has 1 fully saturated rings. The van der Waals surface area contributed by atoms with Crippen molar-refractivity contribution in [2.24, 2.45) is 0 Å². The molecule has 1 saturated heterocycles. The second kappa shape index (κ2) is 5.30. The van der Waals surface area contributed by atoms with Crippen LogP contribution in [0.25, 0.3) is 0 Å². The van der Waals surface area contributed by atoms with Crippen LogP contribution < -0.4 is 9.64 Å². The number of ether oxygens (including phenoxy) is 1. The average Bonchev–Trinajstić information content (AvgIpc) is 2.52. The summed E-state index contributed by atoms with van der Waals surface area (Å²) in [4.78, 5) is 35.7. The lowest BCUT2D eigenvalue weighted by Gasteiger charge is -2.44. The van der Waals surface area contributed by atoms with Crippen molar-refractivity contribution < 1.29 is 29.5 Å². The van der Waals surface area contributed by atoms with Gasteiger partial charge in [-0.25, -0.2) is 9.59 Å². The first-order valence-electron chi connectivity index (χ1n) is 6.81. The zero-order chi connectivity index (χ0) is 16.7. The van der Waals surface area contributed by atoms with E-state index >= 15 is 0 Å². The molecule has 1 aromatic carbocycles. The first-order valence-corrected chi connectivity index (χ1v) is 6.81. The van der Waals surface area contributed by atoms with Crippen LogP contribution in [0.1, 0.15) is 10.4 Å². The van der Waals surface area contributed by atoms with Gasteiger partial charge in [0.05, 0.1) is 22.7 Å². The Labute approximate surface area is 129 Å². The van der Waals surface area contributed by atoms with Gasteiger partial charge in [-0.1, -0.05) is 0 Å². The molecule has 3 rings (SSSR count). The van der Waals surface area contributed by atoms with Gasteiger partial charge in [-0.15, -0.1) is 0 Å². The highest BCUT2D eigenvalue weighted by Gasteiger charge is 2.36. The number of carboxylic acid groups (broad SMARTS) is 2. The van der Waals surface area contributed by atoms with Crippen LogP contribution in [-0.4, -0.2) is 64.4 Å². The Hall–Kier alpha value is -3.04. The summed E-state index contributed by atoms with van der Waals surface area (Å²) in [7, 11) is 0. The third-order valence-electron chi connectivity index (χ3n) is 4.00. The number of rotatable bonds is 2. The minimum Gasteiger partial charge on any atom is -0.489 e. The van der Waals surface area contributed by atoms with E-state index in [1.165, 1.54) is 11.0 Å². The third-order valence-corrected chi connectivity index (χ3v) is 4.00. The number of benzene rings is 1. The highest BCUT2D eigenvalue weighted by Crippen LogP contribution is 2.40. The molecule has 23 heavy (non-hydrogen) atoms. The maximum atomic E-state index is 11.3. The van der Waals surface area contributed by atoms with Crippen LogP contribution >= 0.6 is 0 Å². The van der Waals surface area contributed by atoms with Crippen molar-refractivity contribution in [3.05, 3.63) is 27.8 Å². The second-order valence-electron chi connectivity index (χ2n) is 5.29. The van der Waals surface area contributed by atoms with E-state index in [2.05, 4.69) is 0 Å². The average molecular weight is 323 g/mol. The fraction of sp³-hybridized carbons (Fsp3) is 0.385. The van der Waals surface area contributed by atoms with E-state index in [4.69, 9.17) is 9.84 Å². The largest absolute Gasteiger partial charge is 0.489 e. The molecule has 0 aromatic heterocycles. The summed E-state index contributed by atoms with van der Waals surface area (Å²) in [5.41, 5.74) is -0.508. The number of nitrogens with zero attached hydrogens (tertiary/aromatic N) is 3. The molecule has 2 N–H and O–H groups in total. The fourth-order valence-corrected chi connectivity index (χ4v) is 2.89. The molecule has 0 aliphatic carbocycles. The maximum Gasteiger partial charge on any atom is 0.407 e. The van der Waals surface area contributed by atoms with Crippen LogP contribution in [0.4, 0.5) is 16.2 Å². The van der Waals surface area contributed by atoms with Gasteiger partial charge in [-0.3, -0.25) is 10.1 Å². The Balaban J connectivity index is 2.00. The number of carboxylic acids is 1. The van der Waals surface area contributed by atoms with Gasteiger partial charge in [0.2, 0.25) is 0 Å². The van der Waals surface area contributed by atoms with Crippen molar-refractivity contribution in [1.29, 1.82) is 0 Å². The van der Waals surface area contributed by atoms with Gasteiger partial charge in [0.15, 0.2) is 0 Å².